The topological polar surface area (TPSA) is 47.9 Å². The largest absolute Gasteiger partial charge is 0.453 e. The fourth-order valence-electron chi connectivity index (χ4n) is 4.24. The summed E-state index contributed by atoms with van der Waals surface area (Å²) < 4.78 is 17.8. The van der Waals surface area contributed by atoms with Gasteiger partial charge in [0.25, 0.3) is 0 Å². The predicted octanol–water partition coefficient (Wildman–Crippen LogP) is 6.03. The highest BCUT2D eigenvalue weighted by Crippen LogP contribution is 2.52. The highest BCUT2D eigenvalue weighted by molar-refractivity contribution is 6.74. The summed E-state index contributed by atoms with van der Waals surface area (Å²) in [5.74, 6) is 2.50. The van der Waals surface area contributed by atoms with Crippen molar-refractivity contribution in [2.45, 2.75) is 90.0 Å². The quantitative estimate of drug-likeness (QED) is 0.452. The second kappa shape index (κ2) is 8.08. The highest BCUT2D eigenvalue weighted by Gasteiger charge is 2.38. The molecular weight excluding hydrogens is 380 g/mol. The molecule has 1 unspecified atom stereocenters. The molecule has 0 radical (unpaired) electrons. The number of fused-ring (bicyclic) bond motifs is 3. The molecule has 0 bridgehead atoms. The van der Waals surface area contributed by atoms with Gasteiger partial charge in [-0.05, 0) is 61.4 Å². The number of hydrogen-bond donors (Lipinski definition) is 1. The Balaban J connectivity index is 1.73. The SMILES string of the molecule is C=C(CC(O)CO[Si](C)(C)C(C)(C)C)[C@H]1CC[C@H](C)c2c1cc(C)c1c2OCO1. The van der Waals surface area contributed by atoms with E-state index in [1.54, 1.807) is 0 Å². The van der Waals surface area contributed by atoms with Crippen molar-refractivity contribution in [3.63, 3.8) is 0 Å². The van der Waals surface area contributed by atoms with Crippen molar-refractivity contribution < 1.29 is 19.0 Å². The normalized spacial score (nSPS) is 22.3. The maximum absolute atomic E-state index is 10.7. The summed E-state index contributed by atoms with van der Waals surface area (Å²) in [6.45, 7) is 20.5. The lowest BCUT2D eigenvalue weighted by atomic mass is 9.72. The molecule has 0 saturated carbocycles. The van der Waals surface area contributed by atoms with Crippen molar-refractivity contribution in [3.8, 4) is 11.5 Å². The fourth-order valence-corrected chi connectivity index (χ4v) is 5.28. The van der Waals surface area contributed by atoms with Gasteiger partial charge in [0, 0.05) is 11.5 Å². The van der Waals surface area contributed by atoms with Gasteiger partial charge >= 0.3 is 0 Å². The predicted molar refractivity (Wildman–Crippen MR) is 121 cm³/mol. The molecule has 0 aromatic heterocycles. The van der Waals surface area contributed by atoms with Crippen LogP contribution in [0, 0.1) is 6.92 Å². The molecule has 0 fully saturated rings. The number of rotatable bonds is 6. The van der Waals surface area contributed by atoms with Crippen LogP contribution in [0.2, 0.25) is 18.1 Å². The molecule has 29 heavy (non-hydrogen) atoms. The molecule has 1 aliphatic heterocycles. The number of ether oxygens (including phenoxy) is 2. The molecule has 1 aromatic carbocycles. The third-order valence-corrected chi connectivity index (χ3v) is 11.6. The minimum absolute atomic E-state index is 0.141. The summed E-state index contributed by atoms with van der Waals surface area (Å²) in [5, 5.41) is 10.8. The van der Waals surface area contributed by atoms with Gasteiger partial charge in [0.05, 0.1) is 12.7 Å². The molecule has 5 heteroatoms. The van der Waals surface area contributed by atoms with E-state index in [0.717, 1.165) is 35.5 Å². The molecule has 1 aliphatic carbocycles. The van der Waals surface area contributed by atoms with Gasteiger partial charge in [-0.1, -0.05) is 45.9 Å². The lowest BCUT2D eigenvalue weighted by molar-refractivity contribution is 0.0987. The average molecular weight is 419 g/mol. The van der Waals surface area contributed by atoms with Crippen LogP contribution >= 0.6 is 0 Å². The zero-order valence-corrected chi connectivity index (χ0v) is 20.2. The molecule has 1 heterocycles. The van der Waals surface area contributed by atoms with E-state index in [2.05, 4.69) is 60.4 Å². The molecule has 3 rings (SSSR count). The maximum atomic E-state index is 10.7. The lowest BCUT2D eigenvalue weighted by Gasteiger charge is -2.37. The molecule has 0 amide bonds. The zero-order chi connectivity index (χ0) is 21.6. The Morgan fingerprint density at radius 1 is 1.28 bits per heavy atom. The van der Waals surface area contributed by atoms with E-state index >= 15 is 0 Å². The van der Waals surface area contributed by atoms with Gasteiger partial charge in [-0.2, -0.15) is 0 Å². The van der Waals surface area contributed by atoms with Crippen molar-refractivity contribution in [3.05, 3.63) is 34.9 Å². The molecule has 3 atom stereocenters. The Hall–Kier alpha value is -1.30. The first kappa shape index (κ1) is 22.4. The molecule has 0 saturated heterocycles. The van der Waals surface area contributed by atoms with Crippen LogP contribution in [-0.4, -0.2) is 32.9 Å². The summed E-state index contributed by atoms with van der Waals surface area (Å²) in [5.41, 5.74) is 4.77. The minimum atomic E-state index is -1.86. The molecule has 4 nitrogen and oxygen atoms in total. The summed E-state index contributed by atoms with van der Waals surface area (Å²) in [6.07, 6.45) is 2.20. The molecular formula is C24H38O4Si. The van der Waals surface area contributed by atoms with Gasteiger partial charge in [-0.25, -0.2) is 0 Å². The van der Waals surface area contributed by atoms with Gasteiger partial charge in [0.1, 0.15) is 0 Å². The number of hydrogen-bond acceptors (Lipinski definition) is 4. The molecule has 162 valence electrons. The van der Waals surface area contributed by atoms with Crippen molar-refractivity contribution in [2.75, 3.05) is 13.4 Å². The number of aliphatic hydroxyl groups excluding tert-OH is 1. The first-order valence-electron chi connectivity index (χ1n) is 10.8. The van der Waals surface area contributed by atoms with Gasteiger partial charge in [0.2, 0.25) is 6.79 Å². The zero-order valence-electron chi connectivity index (χ0n) is 19.2. The van der Waals surface area contributed by atoms with E-state index in [-0.39, 0.29) is 11.0 Å². The Morgan fingerprint density at radius 3 is 2.59 bits per heavy atom. The molecule has 1 aromatic rings. The van der Waals surface area contributed by atoms with Gasteiger partial charge in [-0.3, -0.25) is 0 Å². The first-order chi connectivity index (χ1) is 13.4. The van der Waals surface area contributed by atoms with Crippen LogP contribution in [0.3, 0.4) is 0 Å². The Bertz CT molecular complexity index is 778. The third kappa shape index (κ3) is 4.42. The molecule has 1 N–H and O–H groups in total. The second-order valence-corrected chi connectivity index (χ2v) is 15.2. The van der Waals surface area contributed by atoms with E-state index in [9.17, 15) is 5.11 Å². The minimum Gasteiger partial charge on any atom is -0.453 e. The summed E-state index contributed by atoms with van der Waals surface area (Å²) in [6, 6.07) is 2.24. The van der Waals surface area contributed by atoms with E-state index in [1.807, 2.05) is 0 Å². The number of benzene rings is 1. The molecule has 2 aliphatic rings. The van der Waals surface area contributed by atoms with Crippen molar-refractivity contribution in [1.29, 1.82) is 0 Å². The summed E-state index contributed by atoms with van der Waals surface area (Å²) >= 11 is 0. The van der Waals surface area contributed by atoms with Crippen LogP contribution in [0.5, 0.6) is 11.5 Å². The van der Waals surface area contributed by atoms with Crippen molar-refractivity contribution >= 4 is 8.32 Å². The first-order valence-corrected chi connectivity index (χ1v) is 13.8. The third-order valence-electron chi connectivity index (χ3n) is 7.09. The molecule has 0 spiro atoms. The number of aliphatic hydroxyl groups is 1. The van der Waals surface area contributed by atoms with Crippen LogP contribution < -0.4 is 9.47 Å². The highest BCUT2D eigenvalue weighted by atomic mass is 28.4. The monoisotopic (exact) mass is 418 g/mol. The summed E-state index contributed by atoms with van der Waals surface area (Å²) in [4.78, 5) is 0. The van der Waals surface area contributed by atoms with Crippen LogP contribution in [-0.2, 0) is 4.43 Å². The Labute approximate surface area is 177 Å². The van der Waals surface area contributed by atoms with Gasteiger partial charge in [-0.15, -0.1) is 0 Å². The second-order valence-electron chi connectivity index (χ2n) is 10.4. The van der Waals surface area contributed by atoms with Crippen LogP contribution in [0.1, 0.15) is 75.5 Å². The van der Waals surface area contributed by atoms with Gasteiger partial charge in [0.15, 0.2) is 19.8 Å². The van der Waals surface area contributed by atoms with Crippen LogP contribution in [0.4, 0.5) is 0 Å². The summed E-state index contributed by atoms with van der Waals surface area (Å²) in [7, 11) is -1.86. The van der Waals surface area contributed by atoms with E-state index in [1.165, 1.54) is 11.1 Å². The maximum Gasteiger partial charge on any atom is 0.231 e. The Kier molecular flexibility index (Phi) is 6.24. The van der Waals surface area contributed by atoms with Crippen molar-refractivity contribution in [2.24, 2.45) is 0 Å². The fraction of sp³-hybridized carbons (Fsp3) is 0.667. The van der Waals surface area contributed by atoms with E-state index in [4.69, 9.17) is 13.9 Å². The lowest BCUT2D eigenvalue weighted by Crippen LogP contribution is -2.42. The van der Waals surface area contributed by atoms with Crippen molar-refractivity contribution in [1.82, 2.24) is 0 Å². The van der Waals surface area contributed by atoms with Gasteiger partial charge < -0.3 is 19.0 Å². The smallest absolute Gasteiger partial charge is 0.231 e. The van der Waals surface area contributed by atoms with E-state index in [0.29, 0.717) is 25.7 Å². The average Bonchev–Trinajstić information content (AvgIpc) is 3.09. The van der Waals surface area contributed by atoms with Crippen LogP contribution in [0.15, 0.2) is 18.2 Å². The Morgan fingerprint density at radius 2 is 1.93 bits per heavy atom. The number of aryl methyl sites for hydroxylation is 1. The standard InChI is InChI=1S/C24H38O4Si/c1-15-9-10-19(20-12-17(3)22-23(21(15)20)27-14-26-22)16(2)11-18(25)13-28-29(7,8)24(4,5)6/h12,15,18-19,25H,2,9-11,13-14H2,1,3-8H3/t15-,18?,19+/m0/s1. The van der Waals surface area contributed by atoms with Crippen LogP contribution in [0.25, 0.3) is 0 Å². The van der Waals surface area contributed by atoms with E-state index < -0.39 is 14.4 Å².